The van der Waals surface area contributed by atoms with Crippen molar-refractivity contribution >= 4 is 0 Å². The van der Waals surface area contributed by atoms with E-state index in [1.54, 1.807) is 0 Å². The highest BCUT2D eigenvalue weighted by Gasteiger charge is 2.39. The number of hydrogen-bond acceptors (Lipinski definition) is 0. The molecular formula is C24H45. The summed E-state index contributed by atoms with van der Waals surface area (Å²) in [5.74, 6) is 2.88. The van der Waals surface area contributed by atoms with Crippen LogP contribution in [-0.2, 0) is 0 Å². The van der Waals surface area contributed by atoms with Crippen LogP contribution in [0.1, 0.15) is 124 Å². The molecule has 0 heterocycles. The van der Waals surface area contributed by atoms with Crippen LogP contribution in [0.3, 0.4) is 0 Å². The lowest BCUT2D eigenvalue weighted by atomic mass is 9.60. The molecular weight excluding hydrogens is 288 g/mol. The molecule has 24 heavy (non-hydrogen) atoms. The summed E-state index contributed by atoms with van der Waals surface area (Å²) < 4.78 is 0. The lowest BCUT2D eigenvalue weighted by molar-refractivity contribution is 0.0799. The molecule has 2 rings (SSSR count). The van der Waals surface area contributed by atoms with E-state index in [4.69, 9.17) is 0 Å². The zero-order chi connectivity index (χ0) is 17.3. The highest BCUT2D eigenvalue weighted by Crippen LogP contribution is 2.48. The molecule has 0 saturated heterocycles. The van der Waals surface area contributed by atoms with Crippen LogP contribution in [0.4, 0.5) is 0 Å². The Bertz CT molecular complexity index is 304. The van der Waals surface area contributed by atoms with E-state index >= 15 is 0 Å². The van der Waals surface area contributed by atoms with Crippen LogP contribution in [-0.4, -0.2) is 0 Å². The Morgan fingerprint density at radius 3 is 1.71 bits per heavy atom. The highest BCUT2D eigenvalue weighted by molar-refractivity contribution is 4.97. The van der Waals surface area contributed by atoms with Crippen LogP contribution in [0.5, 0.6) is 0 Å². The summed E-state index contributed by atoms with van der Waals surface area (Å²) in [6, 6.07) is 0. The first kappa shape index (κ1) is 20.3. The molecule has 2 fully saturated rings. The first-order chi connectivity index (χ1) is 11.7. The predicted molar refractivity (Wildman–Crippen MR) is 108 cm³/mol. The second-order valence-electron chi connectivity index (χ2n) is 9.25. The summed E-state index contributed by atoms with van der Waals surface area (Å²) >= 11 is 0. The monoisotopic (exact) mass is 333 g/mol. The van der Waals surface area contributed by atoms with Crippen LogP contribution in [0.2, 0.25) is 0 Å². The van der Waals surface area contributed by atoms with Crippen molar-refractivity contribution in [3.63, 3.8) is 0 Å². The van der Waals surface area contributed by atoms with Crippen molar-refractivity contribution in [2.24, 2.45) is 23.2 Å². The molecule has 2 unspecified atom stereocenters. The normalized spacial score (nSPS) is 26.6. The largest absolute Gasteiger partial charge is 0.0651 e. The van der Waals surface area contributed by atoms with E-state index in [9.17, 15) is 0 Å². The van der Waals surface area contributed by atoms with Gasteiger partial charge in [0.15, 0.2) is 0 Å². The SMILES string of the molecule is C[CH]C(C)(C1CCCCCCC1)C(CC)CC1CCCCCCC1. The van der Waals surface area contributed by atoms with Gasteiger partial charge in [-0.1, -0.05) is 104 Å². The van der Waals surface area contributed by atoms with E-state index in [1.807, 2.05) is 0 Å². The molecule has 0 heteroatoms. The molecule has 0 N–H and O–H groups in total. The van der Waals surface area contributed by atoms with Crippen molar-refractivity contribution < 1.29 is 0 Å². The predicted octanol–water partition coefficient (Wildman–Crippen LogP) is 8.35. The Balaban J connectivity index is 2.02. The van der Waals surface area contributed by atoms with Gasteiger partial charge in [-0.25, -0.2) is 0 Å². The van der Waals surface area contributed by atoms with Gasteiger partial charge in [0.25, 0.3) is 0 Å². The van der Waals surface area contributed by atoms with E-state index in [2.05, 4.69) is 27.2 Å². The van der Waals surface area contributed by atoms with Crippen LogP contribution in [0.25, 0.3) is 0 Å². The Morgan fingerprint density at radius 2 is 1.25 bits per heavy atom. The minimum absolute atomic E-state index is 0.481. The summed E-state index contributed by atoms with van der Waals surface area (Å²) in [4.78, 5) is 0. The standard InChI is InChI=1S/C24H45/c1-4-22(20-21-16-12-8-6-9-13-17-21)24(3,5-2)23-18-14-10-7-11-15-19-23/h5,21-23H,4,6-20H2,1-3H3. The molecule has 0 spiro atoms. The van der Waals surface area contributed by atoms with E-state index in [-0.39, 0.29) is 0 Å². The minimum atomic E-state index is 0.481. The third kappa shape index (κ3) is 5.77. The van der Waals surface area contributed by atoms with Gasteiger partial charge >= 0.3 is 0 Å². The lowest BCUT2D eigenvalue weighted by Gasteiger charge is -2.45. The smallest absolute Gasteiger partial charge is 0.0241 e. The third-order valence-electron chi connectivity index (χ3n) is 7.82. The van der Waals surface area contributed by atoms with Crippen LogP contribution < -0.4 is 0 Å². The summed E-state index contributed by atoms with van der Waals surface area (Å²) in [5.41, 5.74) is 0.481. The molecule has 2 saturated carbocycles. The van der Waals surface area contributed by atoms with Gasteiger partial charge in [0, 0.05) is 0 Å². The van der Waals surface area contributed by atoms with Crippen LogP contribution >= 0.6 is 0 Å². The van der Waals surface area contributed by atoms with Gasteiger partial charge < -0.3 is 0 Å². The van der Waals surface area contributed by atoms with E-state index in [1.165, 1.54) is 103 Å². The Hall–Kier alpha value is 0. The van der Waals surface area contributed by atoms with Crippen molar-refractivity contribution in [2.75, 3.05) is 0 Å². The molecule has 0 amide bonds. The van der Waals surface area contributed by atoms with Gasteiger partial charge in [-0.15, -0.1) is 0 Å². The summed E-state index contributed by atoms with van der Waals surface area (Å²) in [6.45, 7) is 7.48. The van der Waals surface area contributed by atoms with Crippen molar-refractivity contribution in [3.05, 3.63) is 6.42 Å². The zero-order valence-electron chi connectivity index (χ0n) is 17.1. The second kappa shape index (κ2) is 10.9. The maximum Gasteiger partial charge on any atom is -0.0241 e. The fourth-order valence-electron chi connectivity index (χ4n) is 5.92. The topological polar surface area (TPSA) is 0 Å². The second-order valence-corrected chi connectivity index (χ2v) is 9.25. The van der Waals surface area contributed by atoms with Gasteiger partial charge in [0.1, 0.15) is 0 Å². The van der Waals surface area contributed by atoms with Gasteiger partial charge in [-0.3, -0.25) is 0 Å². The molecule has 2 atom stereocenters. The molecule has 1 radical (unpaired) electrons. The lowest BCUT2D eigenvalue weighted by Crippen LogP contribution is -2.37. The van der Waals surface area contributed by atoms with E-state index in [0.29, 0.717) is 5.41 Å². The number of rotatable bonds is 6. The molecule has 2 aliphatic rings. The minimum Gasteiger partial charge on any atom is -0.0651 e. The highest BCUT2D eigenvalue weighted by atomic mass is 14.4. The molecule has 0 aromatic rings. The maximum atomic E-state index is 2.64. The summed E-state index contributed by atoms with van der Waals surface area (Å²) in [7, 11) is 0. The van der Waals surface area contributed by atoms with Gasteiger partial charge in [-0.05, 0) is 48.9 Å². The molecule has 0 nitrogen and oxygen atoms in total. The fourth-order valence-corrected chi connectivity index (χ4v) is 5.92. The van der Waals surface area contributed by atoms with Crippen molar-refractivity contribution in [3.8, 4) is 0 Å². The van der Waals surface area contributed by atoms with Crippen molar-refractivity contribution in [1.82, 2.24) is 0 Å². The average molecular weight is 334 g/mol. The zero-order valence-corrected chi connectivity index (χ0v) is 17.1. The third-order valence-corrected chi connectivity index (χ3v) is 7.82. The van der Waals surface area contributed by atoms with Crippen LogP contribution in [0, 0.1) is 29.6 Å². The average Bonchev–Trinajstić information content (AvgIpc) is 2.53. The Labute approximate surface area is 153 Å². The molecule has 141 valence electrons. The quantitative estimate of drug-likeness (QED) is 0.458. The van der Waals surface area contributed by atoms with E-state index in [0.717, 1.165) is 17.8 Å². The van der Waals surface area contributed by atoms with Gasteiger partial charge in [0.2, 0.25) is 0 Å². The first-order valence-electron chi connectivity index (χ1n) is 11.5. The molecule has 2 aliphatic carbocycles. The van der Waals surface area contributed by atoms with Crippen molar-refractivity contribution in [2.45, 2.75) is 124 Å². The van der Waals surface area contributed by atoms with Gasteiger partial charge in [-0.2, -0.15) is 0 Å². The fraction of sp³-hybridized carbons (Fsp3) is 0.958. The Kier molecular flexibility index (Phi) is 9.20. The first-order valence-corrected chi connectivity index (χ1v) is 11.5. The van der Waals surface area contributed by atoms with Gasteiger partial charge in [0.05, 0.1) is 0 Å². The maximum absolute atomic E-state index is 2.64. The molecule has 0 aromatic carbocycles. The molecule has 0 aromatic heterocycles. The molecule has 0 bridgehead atoms. The van der Waals surface area contributed by atoms with E-state index < -0.39 is 0 Å². The van der Waals surface area contributed by atoms with Crippen molar-refractivity contribution in [1.29, 1.82) is 0 Å². The summed E-state index contributed by atoms with van der Waals surface area (Å²) in [6.07, 6.45) is 26.4. The number of hydrogen-bond donors (Lipinski definition) is 0. The van der Waals surface area contributed by atoms with Crippen LogP contribution in [0.15, 0.2) is 0 Å². The Morgan fingerprint density at radius 1 is 0.792 bits per heavy atom. The summed E-state index contributed by atoms with van der Waals surface area (Å²) in [5, 5.41) is 0. The molecule has 0 aliphatic heterocycles.